The molecule has 0 saturated carbocycles. The van der Waals surface area contributed by atoms with Gasteiger partial charge in [0, 0.05) is 26.7 Å². The van der Waals surface area contributed by atoms with Gasteiger partial charge in [-0.3, -0.25) is 4.79 Å². The lowest BCUT2D eigenvalue weighted by Gasteiger charge is -2.17. The predicted octanol–water partition coefficient (Wildman–Crippen LogP) is 2.14. The van der Waals surface area contributed by atoms with E-state index < -0.39 is 0 Å². The third kappa shape index (κ3) is 46.8. The first-order chi connectivity index (χ1) is 8.60. The van der Waals surface area contributed by atoms with Gasteiger partial charge in [-0.25, -0.2) is 0 Å². The summed E-state index contributed by atoms with van der Waals surface area (Å²) in [6, 6.07) is 0. The lowest BCUT2D eigenvalue weighted by Crippen LogP contribution is -2.21. The van der Waals surface area contributed by atoms with Crippen molar-refractivity contribution in [3.8, 4) is 0 Å². The van der Waals surface area contributed by atoms with Crippen molar-refractivity contribution >= 4 is 5.97 Å². The Kier molecular flexibility index (Phi) is 19.0. The molecule has 5 heteroatoms. The smallest absolute Gasteiger partial charge is 0.303 e. The molecule has 0 bridgehead atoms. The fourth-order valence-corrected chi connectivity index (χ4v) is 0.822. The summed E-state index contributed by atoms with van der Waals surface area (Å²) in [5.41, 5.74) is -0.328. The highest BCUT2D eigenvalue weighted by molar-refractivity contribution is 5.66. The molecule has 0 spiro atoms. The predicted molar refractivity (Wildman–Crippen MR) is 77.1 cm³/mol. The Morgan fingerprint density at radius 1 is 1.21 bits per heavy atom. The van der Waals surface area contributed by atoms with Crippen LogP contribution >= 0.6 is 0 Å². The van der Waals surface area contributed by atoms with Crippen molar-refractivity contribution < 1.29 is 24.5 Å². The van der Waals surface area contributed by atoms with Crippen LogP contribution in [0.3, 0.4) is 0 Å². The fourth-order valence-electron chi connectivity index (χ4n) is 0.822. The van der Waals surface area contributed by atoms with Crippen LogP contribution in [0.2, 0.25) is 0 Å². The molecule has 2 N–H and O–H groups in total. The van der Waals surface area contributed by atoms with Crippen LogP contribution in [0.5, 0.6) is 0 Å². The molecule has 1 atom stereocenters. The monoisotopic (exact) mass is 280 g/mol. The summed E-state index contributed by atoms with van der Waals surface area (Å²) in [7, 11) is 0. The van der Waals surface area contributed by atoms with Crippen LogP contribution in [0.1, 0.15) is 54.9 Å². The molecule has 1 unspecified atom stereocenters. The first kappa shape index (κ1) is 23.4. The van der Waals surface area contributed by atoms with Gasteiger partial charge in [0.1, 0.15) is 5.60 Å². The standard InChI is InChI=1S/C6H12O2.C4H10O2.C4H10O/c1-5(7)8-6(2,3)4;1-4(6)2-3-5;1-3-5-4-2/h1-4H3;4-6H,2-3H2,1H3;3-4H2,1-2H3. The van der Waals surface area contributed by atoms with E-state index in [9.17, 15) is 4.79 Å². The number of ether oxygens (including phenoxy) is 2. The highest BCUT2D eigenvalue weighted by atomic mass is 16.6. The minimum Gasteiger partial charge on any atom is -0.460 e. The SMILES string of the molecule is CC(=O)OC(C)(C)C.CC(O)CCO.CCOCC. The van der Waals surface area contributed by atoms with Crippen molar-refractivity contribution in [2.24, 2.45) is 0 Å². The highest BCUT2D eigenvalue weighted by Crippen LogP contribution is 2.05. The Balaban J connectivity index is -0.000000209. The number of aliphatic hydroxyl groups excluding tert-OH is 2. The van der Waals surface area contributed by atoms with Gasteiger partial charge >= 0.3 is 5.97 Å². The van der Waals surface area contributed by atoms with Crippen LogP contribution in [-0.2, 0) is 14.3 Å². The van der Waals surface area contributed by atoms with Gasteiger partial charge in [0.15, 0.2) is 0 Å². The van der Waals surface area contributed by atoms with Crippen LogP contribution in [0.25, 0.3) is 0 Å². The number of esters is 1. The molecule has 0 saturated heterocycles. The van der Waals surface area contributed by atoms with E-state index in [2.05, 4.69) is 0 Å². The van der Waals surface area contributed by atoms with E-state index in [1.165, 1.54) is 6.92 Å². The summed E-state index contributed by atoms with van der Waals surface area (Å²) >= 11 is 0. The molecule has 0 rings (SSSR count). The summed E-state index contributed by atoms with van der Waals surface area (Å²) in [5, 5.41) is 16.5. The molecular formula is C14H32O5. The molecule has 0 amide bonds. The molecule has 0 radical (unpaired) electrons. The zero-order chi connectivity index (χ0) is 15.9. The maximum Gasteiger partial charge on any atom is 0.303 e. The molecule has 0 aliphatic heterocycles. The van der Waals surface area contributed by atoms with E-state index in [-0.39, 0.29) is 24.3 Å². The molecule has 0 fully saturated rings. The maximum absolute atomic E-state index is 10.2. The van der Waals surface area contributed by atoms with Crippen molar-refractivity contribution in [1.82, 2.24) is 0 Å². The van der Waals surface area contributed by atoms with Crippen molar-refractivity contribution in [1.29, 1.82) is 0 Å². The van der Waals surface area contributed by atoms with Crippen molar-refractivity contribution in [3.05, 3.63) is 0 Å². The minimum atomic E-state index is -0.352. The number of carbonyl (C=O) groups excluding carboxylic acids is 1. The Morgan fingerprint density at radius 3 is 1.63 bits per heavy atom. The first-order valence-corrected chi connectivity index (χ1v) is 6.66. The van der Waals surface area contributed by atoms with E-state index in [1.807, 2.05) is 34.6 Å². The van der Waals surface area contributed by atoms with E-state index in [4.69, 9.17) is 19.7 Å². The molecule has 118 valence electrons. The first-order valence-electron chi connectivity index (χ1n) is 6.66. The largest absolute Gasteiger partial charge is 0.460 e. The lowest BCUT2D eigenvalue weighted by atomic mass is 10.2. The molecule has 0 aliphatic rings. The number of rotatable bonds is 4. The molecule has 0 aromatic carbocycles. The van der Waals surface area contributed by atoms with E-state index in [0.29, 0.717) is 6.42 Å². The summed E-state index contributed by atoms with van der Waals surface area (Å²) < 4.78 is 9.63. The third-order valence-electron chi connectivity index (χ3n) is 1.41. The van der Waals surface area contributed by atoms with Crippen LogP contribution in [0, 0.1) is 0 Å². The van der Waals surface area contributed by atoms with E-state index >= 15 is 0 Å². The molecular weight excluding hydrogens is 248 g/mol. The summed E-state index contributed by atoms with van der Waals surface area (Å²) in [5.74, 6) is -0.225. The zero-order valence-corrected chi connectivity index (χ0v) is 13.5. The average molecular weight is 280 g/mol. The van der Waals surface area contributed by atoms with Gasteiger partial charge in [-0.1, -0.05) is 0 Å². The maximum atomic E-state index is 10.2. The van der Waals surface area contributed by atoms with E-state index in [0.717, 1.165) is 13.2 Å². The van der Waals surface area contributed by atoms with Crippen molar-refractivity contribution in [3.63, 3.8) is 0 Å². The van der Waals surface area contributed by atoms with Gasteiger partial charge < -0.3 is 19.7 Å². The second-order valence-corrected chi connectivity index (χ2v) is 4.85. The Hall–Kier alpha value is -0.650. The highest BCUT2D eigenvalue weighted by Gasteiger charge is 2.11. The molecule has 0 aromatic rings. The Morgan fingerprint density at radius 2 is 1.63 bits per heavy atom. The van der Waals surface area contributed by atoms with Gasteiger partial charge in [-0.05, 0) is 48.0 Å². The Bertz CT molecular complexity index is 183. The fraction of sp³-hybridized carbons (Fsp3) is 0.929. The van der Waals surface area contributed by atoms with Gasteiger partial charge in [0.25, 0.3) is 0 Å². The van der Waals surface area contributed by atoms with Gasteiger partial charge in [-0.2, -0.15) is 0 Å². The second-order valence-electron chi connectivity index (χ2n) is 4.85. The van der Waals surface area contributed by atoms with Crippen LogP contribution in [-0.4, -0.2) is 47.7 Å². The topological polar surface area (TPSA) is 76.0 Å². The van der Waals surface area contributed by atoms with Crippen LogP contribution in [0.4, 0.5) is 0 Å². The summed E-state index contributed by atoms with van der Waals surface area (Å²) in [4.78, 5) is 10.2. The molecule has 5 nitrogen and oxygen atoms in total. The number of aliphatic hydroxyl groups is 2. The number of carbonyl (C=O) groups is 1. The van der Waals surface area contributed by atoms with E-state index in [1.54, 1.807) is 6.92 Å². The number of hydrogen-bond donors (Lipinski definition) is 2. The van der Waals surface area contributed by atoms with Crippen molar-refractivity contribution in [2.45, 2.75) is 66.6 Å². The van der Waals surface area contributed by atoms with Gasteiger partial charge in [0.05, 0.1) is 6.10 Å². The lowest BCUT2D eigenvalue weighted by molar-refractivity contribution is -0.151. The number of hydrogen-bond acceptors (Lipinski definition) is 5. The van der Waals surface area contributed by atoms with Crippen LogP contribution in [0.15, 0.2) is 0 Å². The second kappa shape index (κ2) is 15.4. The quantitative estimate of drug-likeness (QED) is 0.772. The third-order valence-corrected chi connectivity index (χ3v) is 1.41. The molecule has 19 heavy (non-hydrogen) atoms. The summed E-state index contributed by atoms with van der Waals surface area (Å²) in [6.07, 6.45) is 0.134. The van der Waals surface area contributed by atoms with Gasteiger partial charge in [0.2, 0.25) is 0 Å². The summed E-state index contributed by atoms with van der Waals surface area (Å²) in [6.45, 7) is 14.3. The zero-order valence-electron chi connectivity index (χ0n) is 13.5. The normalized spacial score (nSPS) is 11.4. The minimum absolute atomic E-state index is 0.0810. The molecule has 0 heterocycles. The molecule has 0 aromatic heterocycles. The van der Waals surface area contributed by atoms with Gasteiger partial charge in [-0.15, -0.1) is 0 Å². The average Bonchev–Trinajstić information content (AvgIpc) is 2.16. The Labute approximate surface area is 117 Å². The van der Waals surface area contributed by atoms with Crippen molar-refractivity contribution in [2.75, 3.05) is 19.8 Å². The van der Waals surface area contributed by atoms with Crippen LogP contribution < -0.4 is 0 Å². The molecule has 0 aliphatic carbocycles.